The van der Waals surface area contributed by atoms with Gasteiger partial charge < -0.3 is 10.2 Å². The van der Waals surface area contributed by atoms with Crippen molar-refractivity contribution in [3.8, 4) is 0 Å². The van der Waals surface area contributed by atoms with Crippen molar-refractivity contribution in [3.05, 3.63) is 34.9 Å². The van der Waals surface area contributed by atoms with Crippen molar-refractivity contribution in [2.24, 2.45) is 5.92 Å². The third kappa shape index (κ3) is 2.09. The number of fused-ring (bicyclic) bond motifs is 1. The maximum atomic E-state index is 10.7. The van der Waals surface area contributed by atoms with Gasteiger partial charge in [-0.05, 0) is 36.8 Å². The Bertz CT molecular complexity index is 412. The summed E-state index contributed by atoms with van der Waals surface area (Å²) >= 11 is 0. The Morgan fingerprint density at radius 2 is 2.25 bits per heavy atom. The van der Waals surface area contributed by atoms with Crippen molar-refractivity contribution in [3.63, 3.8) is 0 Å². The van der Waals surface area contributed by atoms with Crippen molar-refractivity contribution >= 4 is 5.97 Å². The zero-order chi connectivity index (χ0) is 11.7. The highest BCUT2D eigenvalue weighted by Crippen LogP contribution is 2.36. The molecule has 0 saturated carbocycles. The Labute approximate surface area is 94.7 Å². The number of hydrogen-bond acceptors (Lipinski definition) is 2. The van der Waals surface area contributed by atoms with E-state index in [1.54, 1.807) is 0 Å². The molecule has 0 spiro atoms. The van der Waals surface area contributed by atoms with Gasteiger partial charge in [0.1, 0.15) is 0 Å². The summed E-state index contributed by atoms with van der Waals surface area (Å²) < 4.78 is 0. The van der Waals surface area contributed by atoms with Crippen LogP contribution >= 0.6 is 0 Å². The third-order valence-electron chi connectivity index (χ3n) is 3.28. The van der Waals surface area contributed by atoms with Crippen LogP contribution in [0.1, 0.15) is 35.6 Å². The van der Waals surface area contributed by atoms with Gasteiger partial charge in [0.05, 0.1) is 12.5 Å². The molecule has 2 rings (SSSR count). The first-order valence-corrected chi connectivity index (χ1v) is 5.57. The molecule has 0 heterocycles. The summed E-state index contributed by atoms with van der Waals surface area (Å²) in [6.07, 6.45) is 1.05. The first kappa shape index (κ1) is 11.1. The van der Waals surface area contributed by atoms with E-state index in [-0.39, 0.29) is 12.3 Å². The molecule has 2 unspecified atom stereocenters. The predicted molar refractivity (Wildman–Crippen MR) is 60.2 cm³/mol. The number of aliphatic hydroxyl groups is 1. The largest absolute Gasteiger partial charge is 0.481 e. The van der Waals surface area contributed by atoms with Crippen LogP contribution in [0.15, 0.2) is 18.2 Å². The highest BCUT2D eigenvalue weighted by molar-refractivity contribution is 5.67. The molecule has 3 nitrogen and oxygen atoms in total. The summed E-state index contributed by atoms with van der Waals surface area (Å²) in [5.41, 5.74) is 3.25. The van der Waals surface area contributed by atoms with Gasteiger partial charge in [0, 0.05) is 0 Å². The number of aliphatic hydroxyl groups excluding tert-OH is 1. The standard InChI is InChI=1S/C13H16O3/c1-8-2-5-11-9(6-8)3-4-10(13(11)16)7-12(14)15/h2,5-6,10,13,16H,3-4,7H2,1H3,(H,14,15). The lowest BCUT2D eigenvalue weighted by molar-refractivity contribution is -0.139. The van der Waals surface area contributed by atoms with Crippen LogP contribution in [-0.2, 0) is 11.2 Å². The van der Waals surface area contributed by atoms with Gasteiger partial charge in [0.2, 0.25) is 0 Å². The van der Waals surface area contributed by atoms with Gasteiger partial charge in [-0.15, -0.1) is 0 Å². The van der Waals surface area contributed by atoms with Gasteiger partial charge in [-0.3, -0.25) is 4.79 Å². The van der Waals surface area contributed by atoms with Gasteiger partial charge in [-0.2, -0.15) is 0 Å². The highest BCUT2D eigenvalue weighted by Gasteiger charge is 2.29. The Morgan fingerprint density at radius 3 is 2.94 bits per heavy atom. The molecule has 0 amide bonds. The molecule has 0 bridgehead atoms. The van der Waals surface area contributed by atoms with Crippen molar-refractivity contribution in [2.45, 2.75) is 32.3 Å². The molecule has 0 aromatic heterocycles. The Morgan fingerprint density at radius 1 is 1.50 bits per heavy atom. The summed E-state index contributed by atoms with van der Waals surface area (Å²) in [6.45, 7) is 2.02. The molecule has 0 aliphatic heterocycles. The summed E-state index contributed by atoms with van der Waals surface area (Å²) in [6, 6.07) is 5.96. The Balaban J connectivity index is 2.25. The fourth-order valence-corrected chi connectivity index (χ4v) is 2.43. The molecular weight excluding hydrogens is 204 g/mol. The van der Waals surface area contributed by atoms with Crippen LogP contribution in [0.2, 0.25) is 0 Å². The van der Waals surface area contributed by atoms with E-state index >= 15 is 0 Å². The van der Waals surface area contributed by atoms with E-state index in [4.69, 9.17) is 5.11 Å². The van der Waals surface area contributed by atoms with Crippen molar-refractivity contribution in [2.75, 3.05) is 0 Å². The molecule has 2 N–H and O–H groups in total. The van der Waals surface area contributed by atoms with Crippen molar-refractivity contribution in [1.82, 2.24) is 0 Å². The van der Waals surface area contributed by atoms with E-state index in [2.05, 4.69) is 6.07 Å². The molecule has 0 fully saturated rings. The van der Waals surface area contributed by atoms with Crippen molar-refractivity contribution < 1.29 is 15.0 Å². The van der Waals surface area contributed by atoms with Crippen LogP contribution in [0.4, 0.5) is 0 Å². The summed E-state index contributed by atoms with van der Waals surface area (Å²) in [5, 5.41) is 18.9. The minimum absolute atomic E-state index is 0.0501. The number of hydrogen-bond donors (Lipinski definition) is 2. The number of carboxylic acids is 1. The van der Waals surface area contributed by atoms with E-state index in [0.29, 0.717) is 0 Å². The second kappa shape index (κ2) is 4.26. The summed E-state index contributed by atoms with van der Waals surface area (Å²) in [7, 11) is 0. The lowest BCUT2D eigenvalue weighted by atomic mass is 9.79. The molecule has 2 atom stereocenters. The average Bonchev–Trinajstić information content (AvgIpc) is 2.22. The van der Waals surface area contributed by atoms with E-state index in [1.165, 1.54) is 5.56 Å². The van der Waals surface area contributed by atoms with Gasteiger partial charge in [0.25, 0.3) is 0 Å². The fraction of sp³-hybridized carbons (Fsp3) is 0.462. The van der Waals surface area contributed by atoms with Crippen LogP contribution < -0.4 is 0 Å². The molecule has 0 radical (unpaired) electrons. The first-order valence-electron chi connectivity index (χ1n) is 5.57. The number of carboxylic acid groups (broad SMARTS) is 1. The maximum Gasteiger partial charge on any atom is 0.303 e. The molecule has 1 aliphatic carbocycles. The normalized spacial score (nSPS) is 23.9. The minimum atomic E-state index is -0.834. The Kier molecular flexibility index (Phi) is 2.97. The third-order valence-corrected chi connectivity index (χ3v) is 3.28. The molecular formula is C13H16O3. The van der Waals surface area contributed by atoms with Gasteiger partial charge in [-0.1, -0.05) is 23.8 Å². The van der Waals surface area contributed by atoms with Crippen molar-refractivity contribution in [1.29, 1.82) is 0 Å². The second-order valence-corrected chi connectivity index (χ2v) is 4.54. The molecule has 1 aromatic rings. The number of aliphatic carboxylic acids is 1. The first-order chi connectivity index (χ1) is 7.58. The minimum Gasteiger partial charge on any atom is -0.481 e. The van der Waals surface area contributed by atoms with E-state index in [0.717, 1.165) is 24.0 Å². The topological polar surface area (TPSA) is 57.5 Å². The van der Waals surface area contributed by atoms with E-state index < -0.39 is 12.1 Å². The average molecular weight is 220 g/mol. The number of benzene rings is 1. The lowest BCUT2D eigenvalue weighted by Crippen LogP contribution is -2.23. The van der Waals surface area contributed by atoms with Crippen LogP contribution in [0.25, 0.3) is 0 Å². The fourth-order valence-electron chi connectivity index (χ4n) is 2.43. The van der Waals surface area contributed by atoms with Gasteiger partial charge in [-0.25, -0.2) is 0 Å². The van der Waals surface area contributed by atoms with Crippen LogP contribution in [0, 0.1) is 12.8 Å². The maximum absolute atomic E-state index is 10.7. The van der Waals surface area contributed by atoms with Crippen LogP contribution in [0.3, 0.4) is 0 Å². The molecule has 86 valence electrons. The zero-order valence-corrected chi connectivity index (χ0v) is 9.31. The zero-order valence-electron chi connectivity index (χ0n) is 9.31. The SMILES string of the molecule is Cc1ccc2c(c1)CCC(CC(=O)O)C2O. The molecule has 0 saturated heterocycles. The quantitative estimate of drug-likeness (QED) is 0.802. The molecule has 1 aliphatic rings. The van der Waals surface area contributed by atoms with Crippen LogP contribution in [0.5, 0.6) is 0 Å². The molecule has 3 heteroatoms. The predicted octanol–water partition coefficient (Wildman–Crippen LogP) is 2.07. The highest BCUT2D eigenvalue weighted by atomic mass is 16.4. The smallest absolute Gasteiger partial charge is 0.303 e. The number of carbonyl (C=O) groups is 1. The molecule has 16 heavy (non-hydrogen) atoms. The summed E-state index contributed by atoms with van der Waals surface area (Å²) in [5.74, 6) is -0.979. The number of aryl methyl sites for hydroxylation is 2. The Hall–Kier alpha value is -1.35. The lowest BCUT2D eigenvalue weighted by Gasteiger charge is -2.29. The molecule has 1 aromatic carbocycles. The second-order valence-electron chi connectivity index (χ2n) is 4.54. The van der Waals surface area contributed by atoms with Gasteiger partial charge >= 0.3 is 5.97 Å². The monoisotopic (exact) mass is 220 g/mol. The summed E-state index contributed by atoms with van der Waals surface area (Å²) in [4.78, 5) is 10.7. The van der Waals surface area contributed by atoms with E-state index in [9.17, 15) is 9.90 Å². The number of rotatable bonds is 2. The van der Waals surface area contributed by atoms with Crippen LogP contribution in [-0.4, -0.2) is 16.2 Å². The van der Waals surface area contributed by atoms with Gasteiger partial charge in [0.15, 0.2) is 0 Å². The van der Waals surface area contributed by atoms with E-state index in [1.807, 2.05) is 19.1 Å².